The summed E-state index contributed by atoms with van der Waals surface area (Å²) in [7, 11) is 1.84. The predicted molar refractivity (Wildman–Crippen MR) is 112 cm³/mol. The Morgan fingerprint density at radius 2 is 2.00 bits per heavy atom. The van der Waals surface area contributed by atoms with Crippen LogP contribution in [0.1, 0.15) is 23.4 Å². The lowest BCUT2D eigenvalue weighted by Crippen LogP contribution is -2.08. The molecule has 2 bridgehead atoms. The summed E-state index contributed by atoms with van der Waals surface area (Å²) >= 11 is 0. The Morgan fingerprint density at radius 3 is 2.90 bits per heavy atom. The summed E-state index contributed by atoms with van der Waals surface area (Å²) in [6.07, 6.45) is 6.09. The third-order valence-electron chi connectivity index (χ3n) is 5.10. The highest BCUT2D eigenvalue weighted by molar-refractivity contribution is 5.93. The monoisotopic (exact) mass is 405 g/mol. The number of pyridine rings is 1. The standard InChI is InChI=1S/C22H20FN5O2/c1-13-21-16-11-19(25-13)17-12-24-28(2)22(17)30-9-3-8-29-20-7-5-15(23)10-14(20)4-6-18(16)26-27-21/h4-7,10-12H,3,8-9H2,1-2H3,(H,26,27)/b6-4+. The van der Waals surface area contributed by atoms with Crippen LogP contribution in [0, 0.1) is 12.7 Å². The number of aromatic amines is 1. The molecule has 0 aliphatic carbocycles. The van der Waals surface area contributed by atoms with Gasteiger partial charge in [0.25, 0.3) is 0 Å². The summed E-state index contributed by atoms with van der Waals surface area (Å²) in [5, 5.41) is 12.7. The number of aryl methyl sites for hydroxylation is 2. The minimum absolute atomic E-state index is 0.319. The summed E-state index contributed by atoms with van der Waals surface area (Å²) in [5.41, 5.74) is 4.64. The molecule has 0 saturated heterocycles. The van der Waals surface area contributed by atoms with E-state index in [9.17, 15) is 4.39 Å². The van der Waals surface area contributed by atoms with Crippen molar-refractivity contribution >= 4 is 23.1 Å². The molecule has 0 saturated carbocycles. The SMILES string of the molecule is Cc1nc2cc3c(n[nH]c13)/C=C/c1cc(F)ccc1OCCCOc1c-2cnn1C. The number of nitrogens with one attached hydrogen (secondary N) is 1. The maximum atomic E-state index is 13.8. The van der Waals surface area contributed by atoms with E-state index in [1.165, 1.54) is 12.1 Å². The van der Waals surface area contributed by atoms with Gasteiger partial charge in [-0.1, -0.05) is 0 Å². The van der Waals surface area contributed by atoms with Gasteiger partial charge in [0, 0.05) is 24.4 Å². The van der Waals surface area contributed by atoms with Crippen LogP contribution in [0.5, 0.6) is 11.6 Å². The van der Waals surface area contributed by atoms with Crippen molar-refractivity contribution in [1.82, 2.24) is 25.0 Å². The van der Waals surface area contributed by atoms with Gasteiger partial charge in [-0.2, -0.15) is 10.2 Å². The van der Waals surface area contributed by atoms with E-state index in [1.807, 2.05) is 32.2 Å². The van der Waals surface area contributed by atoms with Gasteiger partial charge in [0.2, 0.25) is 5.88 Å². The first-order valence-electron chi connectivity index (χ1n) is 9.71. The lowest BCUT2D eigenvalue weighted by molar-refractivity contribution is 0.236. The predicted octanol–water partition coefficient (Wildman–Crippen LogP) is 4.14. The summed E-state index contributed by atoms with van der Waals surface area (Å²) in [5.74, 6) is 0.946. The first kappa shape index (κ1) is 18.4. The second-order valence-corrected chi connectivity index (χ2v) is 7.18. The van der Waals surface area contributed by atoms with E-state index in [0.717, 1.165) is 33.5 Å². The second-order valence-electron chi connectivity index (χ2n) is 7.18. The molecule has 4 heterocycles. The second kappa shape index (κ2) is 7.29. The molecule has 1 N–H and O–H groups in total. The van der Waals surface area contributed by atoms with Crippen molar-refractivity contribution in [2.24, 2.45) is 7.05 Å². The van der Waals surface area contributed by atoms with Gasteiger partial charge < -0.3 is 9.47 Å². The average Bonchev–Trinajstić information content (AvgIpc) is 3.30. The fourth-order valence-corrected chi connectivity index (χ4v) is 3.59. The number of hydrogen-bond donors (Lipinski definition) is 1. The minimum atomic E-state index is -0.319. The van der Waals surface area contributed by atoms with Crippen LogP contribution in [-0.2, 0) is 7.05 Å². The van der Waals surface area contributed by atoms with Crippen LogP contribution in [-0.4, -0.2) is 38.2 Å². The molecule has 0 amide bonds. The zero-order chi connectivity index (χ0) is 20.7. The van der Waals surface area contributed by atoms with Crippen LogP contribution >= 0.6 is 0 Å². The van der Waals surface area contributed by atoms with Crippen LogP contribution < -0.4 is 9.47 Å². The molecular formula is C22H20FN5O2. The number of H-pyrrole nitrogens is 1. The Balaban J connectivity index is 1.69. The first-order valence-corrected chi connectivity index (χ1v) is 9.71. The van der Waals surface area contributed by atoms with Gasteiger partial charge in [-0.25, -0.2) is 9.07 Å². The van der Waals surface area contributed by atoms with Crippen LogP contribution in [0.25, 0.3) is 34.3 Å². The average molecular weight is 405 g/mol. The number of fused-ring (bicyclic) bond motifs is 4. The number of halogens is 1. The molecule has 0 radical (unpaired) electrons. The molecule has 1 aliphatic heterocycles. The van der Waals surface area contributed by atoms with Crippen molar-refractivity contribution in [3.63, 3.8) is 0 Å². The fourth-order valence-electron chi connectivity index (χ4n) is 3.59. The summed E-state index contributed by atoms with van der Waals surface area (Å²) < 4.78 is 27.4. The zero-order valence-corrected chi connectivity index (χ0v) is 16.6. The highest BCUT2D eigenvalue weighted by Crippen LogP contribution is 2.32. The van der Waals surface area contributed by atoms with Gasteiger partial charge in [0.05, 0.1) is 47.6 Å². The lowest BCUT2D eigenvalue weighted by Gasteiger charge is -2.11. The number of aromatic nitrogens is 5. The highest BCUT2D eigenvalue weighted by Gasteiger charge is 2.17. The molecule has 0 fully saturated rings. The molecule has 1 aromatic carbocycles. The molecular weight excluding hydrogens is 385 g/mol. The van der Waals surface area contributed by atoms with E-state index in [-0.39, 0.29) is 5.82 Å². The summed E-state index contributed by atoms with van der Waals surface area (Å²) in [4.78, 5) is 4.72. The maximum absolute atomic E-state index is 13.8. The van der Waals surface area contributed by atoms with Crippen molar-refractivity contribution in [3.05, 3.63) is 53.2 Å². The van der Waals surface area contributed by atoms with Gasteiger partial charge in [-0.3, -0.25) is 10.1 Å². The minimum Gasteiger partial charge on any atom is -0.493 e. The van der Waals surface area contributed by atoms with Crippen molar-refractivity contribution < 1.29 is 13.9 Å². The van der Waals surface area contributed by atoms with Gasteiger partial charge in [-0.15, -0.1) is 0 Å². The normalized spacial score (nSPS) is 14.9. The Labute approximate surface area is 172 Å². The molecule has 0 atom stereocenters. The Hall–Kier alpha value is -3.68. The Kier molecular flexibility index (Phi) is 4.46. The topological polar surface area (TPSA) is 77.8 Å². The number of ether oxygens (including phenoxy) is 2. The van der Waals surface area contributed by atoms with Crippen molar-refractivity contribution in [1.29, 1.82) is 0 Å². The quantitative estimate of drug-likeness (QED) is 0.476. The van der Waals surface area contributed by atoms with E-state index >= 15 is 0 Å². The Bertz CT molecular complexity index is 1270. The van der Waals surface area contributed by atoms with E-state index in [2.05, 4.69) is 15.3 Å². The van der Waals surface area contributed by atoms with Gasteiger partial charge in [-0.05, 0) is 43.3 Å². The molecule has 5 rings (SSSR count). The van der Waals surface area contributed by atoms with Crippen molar-refractivity contribution in [2.45, 2.75) is 13.3 Å². The first-order chi connectivity index (χ1) is 14.6. The van der Waals surface area contributed by atoms with Crippen LogP contribution in [0.3, 0.4) is 0 Å². The fraction of sp³-hybridized carbons (Fsp3) is 0.227. The molecule has 0 unspecified atom stereocenters. The number of hydrogen-bond acceptors (Lipinski definition) is 5. The van der Waals surface area contributed by atoms with Gasteiger partial charge >= 0.3 is 0 Å². The molecule has 4 aromatic rings. The molecule has 8 heteroatoms. The maximum Gasteiger partial charge on any atom is 0.221 e. The zero-order valence-electron chi connectivity index (χ0n) is 16.6. The lowest BCUT2D eigenvalue weighted by atomic mass is 10.1. The van der Waals surface area contributed by atoms with Crippen LogP contribution in [0.2, 0.25) is 0 Å². The summed E-state index contributed by atoms with van der Waals surface area (Å²) in [6.45, 7) is 2.83. The largest absolute Gasteiger partial charge is 0.493 e. The Morgan fingerprint density at radius 1 is 1.13 bits per heavy atom. The van der Waals surface area contributed by atoms with Gasteiger partial charge in [0.1, 0.15) is 11.6 Å². The number of nitrogens with zero attached hydrogens (tertiary/aromatic N) is 4. The third-order valence-corrected chi connectivity index (χ3v) is 5.10. The van der Waals surface area contributed by atoms with E-state index in [1.54, 1.807) is 16.9 Å². The molecule has 3 aromatic heterocycles. The van der Waals surface area contributed by atoms with Crippen LogP contribution in [0.4, 0.5) is 4.39 Å². The smallest absolute Gasteiger partial charge is 0.221 e. The van der Waals surface area contributed by atoms with Crippen molar-refractivity contribution in [2.75, 3.05) is 13.2 Å². The highest BCUT2D eigenvalue weighted by atomic mass is 19.1. The summed E-state index contributed by atoms with van der Waals surface area (Å²) in [6, 6.07) is 6.46. The molecule has 1 aliphatic rings. The third kappa shape index (κ3) is 3.20. The molecule has 0 spiro atoms. The number of rotatable bonds is 0. The number of benzene rings is 1. The van der Waals surface area contributed by atoms with E-state index in [4.69, 9.17) is 14.5 Å². The van der Waals surface area contributed by atoms with E-state index < -0.39 is 0 Å². The van der Waals surface area contributed by atoms with Crippen LogP contribution in [0.15, 0.2) is 30.5 Å². The van der Waals surface area contributed by atoms with E-state index in [0.29, 0.717) is 36.8 Å². The molecule has 30 heavy (non-hydrogen) atoms. The van der Waals surface area contributed by atoms with Crippen molar-refractivity contribution in [3.8, 4) is 22.9 Å². The molecule has 7 nitrogen and oxygen atoms in total. The molecule has 152 valence electrons. The van der Waals surface area contributed by atoms with Gasteiger partial charge in [0.15, 0.2) is 0 Å².